The highest BCUT2D eigenvalue weighted by Crippen LogP contribution is 2.15. The fourth-order valence-corrected chi connectivity index (χ4v) is 2.66. The second-order valence-electron chi connectivity index (χ2n) is 6.11. The highest BCUT2D eigenvalue weighted by atomic mass is 19.1. The van der Waals surface area contributed by atoms with Crippen LogP contribution in [0.15, 0.2) is 67.0 Å². The van der Waals surface area contributed by atoms with Gasteiger partial charge in [-0.1, -0.05) is 61.9 Å². The number of aryl methyl sites for hydroxylation is 1. The lowest BCUT2D eigenvalue weighted by Crippen LogP contribution is -2.20. The largest absolute Gasteiger partial charge is 0.458 e. The fraction of sp³-hybridized carbons (Fsp3) is 0.318. The van der Waals surface area contributed by atoms with Crippen molar-refractivity contribution in [3.8, 4) is 0 Å². The van der Waals surface area contributed by atoms with Gasteiger partial charge in [0.25, 0.3) is 0 Å². The summed E-state index contributed by atoms with van der Waals surface area (Å²) >= 11 is 0. The van der Waals surface area contributed by atoms with E-state index in [-0.39, 0.29) is 12.1 Å². The molecule has 1 atom stereocenters. The Labute approximate surface area is 149 Å². The number of ether oxygens (including phenoxy) is 1. The third-order valence-corrected chi connectivity index (χ3v) is 4.08. The number of halogens is 1. The van der Waals surface area contributed by atoms with Gasteiger partial charge in [-0.2, -0.15) is 0 Å². The Morgan fingerprint density at radius 2 is 1.76 bits per heavy atom. The van der Waals surface area contributed by atoms with Gasteiger partial charge in [0, 0.05) is 12.8 Å². The minimum absolute atomic E-state index is 0.354. The van der Waals surface area contributed by atoms with Crippen LogP contribution in [-0.4, -0.2) is 12.1 Å². The van der Waals surface area contributed by atoms with Gasteiger partial charge in [0.1, 0.15) is 6.10 Å². The van der Waals surface area contributed by atoms with Gasteiger partial charge >= 0.3 is 5.97 Å². The number of esters is 1. The van der Waals surface area contributed by atoms with Crippen LogP contribution in [0.4, 0.5) is 4.39 Å². The number of carbonyl (C=O) groups excluding carboxylic acids is 1. The molecule has 132 valence electrons. The SMILES string of the molecule is CCCCc1ccc(CC(C/C=C/F)OC(=O)c2ccccc2)cc1. The first-order valence-electron chi connectivity index (χ1n) is 8.82. The van der Waals surface area contributed by atoms with Gasteiger partial charge in [0.05, 0.1) is 11.9 Å². The van der Waals surface area contributed by atoms with E-state index < -0.39 is 0 Å². The highest BCUT2D eigenvalue weighted by Gasteiger charge is 2.15. The molecule has 2 aromatic rings. The van der Waals surface area contributed by atoms with Crippen molar-refractivity contribution in [1.29, 1.82) is 0 Å². The molecule has 1 unspecified atom stereocenters. The first-order valence-corrected chi connectivity index (χ1v) is 8.82. The molecular weight excluding hydrogens is 315 g/mol. The molecule has 2 nitrogen and oxygen atoms in total. The molecular formula is C22H25FO2. The molecule has 25 heavy (non-hydrogen) atoms. The maximum Gasteiger partial charge on any atom is 0.338 e. The minimum atomic E-state index is -0.388. The van der Waals surface area contributed by atoms with Gasteiger partial charge in [0.15, 0.2) is 0 Å². The average molecular weight is 340 g/mol. The van der Waals surface area contributed by atoms with Gasteiger partial charge in [-0.05, 0) is 36.1 Å². The molecule has 0 saturated carbocycles. The number of hydrogen-bond acceptors (Lipinski definition) is 2. The molecule has 2 rings (SSSR count). The second kappa shape index (κ2) is 10.4. The maximum absolute atomic E-state index is 12.4. The van der Waals surface area contributed by atoms with Crippen molar-refractivity contribution < 1.29 is 13.9 Å². The zero-order valence-electron chi connectivity index (χ0n) is 14.7. The Bertz CT molecular complexity index is 662. The number of benzene rings is 2. The molecule has 2 aromatic carbocycles. The molecule has 0 spiro atoms. The van der Waals surface area contributed by atoms with Crippen molar-refractivity contribution in [3.63, 3.8) is 0 Å². The van der Waals surface area contributed by atoms with Gasteiger partial charge < -0.3 is 4.74 Å². The molecule has 0 N–H and O–H groups in total. The van der Waals surface area contributed by atoms with Gasteiger partial charge in [-0.3, -0.25) is 0 Å². The van der Waals surface area contributed by atoms with Crippen LogP contribution < -0.4 is 0 Å². The predicted octanol–water partition coefficient (Wildman–Crippen LogP) is 5.67. The summed E-state index contributed by atoms with van der Waals surface area (Å²) in [5.41, 5.74) is 2.90. The van der Waals surface area contributed by atoms with E-state index >= 15 is 0 Å². The van der Waals surface area contributed by atoms with Crippen LogP contribution >= 0.6 is 0 Å². The zero-order chi connectivity index (χ0) is 17.9. The van der Waals surface area contributed by atoms with E-state index in [9.17, 15) is 9.18 Å². The third kappa shape index (κ3) is 6.54. The molecule has 0 aliphatic heterocycles. The van der Waals surface area contributed by atoms with Gasteiger partial charge in [0.2, 0.25) is 0 Å². The van der Waals surface area contributed by atoms with E-state index in [1.165, 1.54) is 24.5 Å². The molecule has 0 aromatic heterocycles. The summed E-state index contributed by atoms with van der Waals surface area (Å²) in [5, 5.41) is 0. The monoisotopic (exact) mass is 340 g/mol. The highest BCUT2D eigenvalue weighted by molar-refractivity contribution is 5.89. The lowest BCUT2D eigenvalue weighted by Gasteiger charge is -2.17. The van der Waals surface area contributed by atoms with Crippen LogP contribution in [0.25, 0.3) is 0 Å². The fourth-order valence-electron chi connectivity index (χ4n) is 2.66. The van der Waals surface area contributed by atoms with Crippen LogP contribution in [0, 0.1) is 0 Å². The number of carbonyl (C=O) groups is 1. The molecule has 0 radical (unpaired) electrons. The number of rotatable bonds is 9. The normalized spacial score (nSPS) is 12.2. The molecule has 0 bridgehead atoms. The summed E-state index contributed by atoms with van der Waals surface area (Å²) in [5.74, 6) is -0.377. The van der Waals surface area contributed by atoms with Crippen molar-refractivity contribution in [1.82, 2.24) is 0 Å². The lowest BCUT2D eigenvalue weighted by atomic mass is 10.0. The molecule has 0 amide bonds. The minimum Gasteiger partial charge on any atom is -0.458 e. The first kappa shape index (κ1) is 18.9. The molecule has 0 saturated heterocycles. The zero-order valence-corrected chi connectivity index (χ0v) is 14.7. The molecule has 0 aliphatic carbocycles. The van der Waals surface area contributed by atoms with E-state index in [1.54, 1.807) is 24.3 Å². The second-order valence-corrected chi connectivity index (χ2v) is 6.11. The summed E-state index contributed by atoms with van der Waals surface area (Å²) in [4.78, 5) is 12.2. The number of unbranched alkanes of at least 4 members (excludes halogenated alkanes) is 1. The van der Waals surface area contributed by atoms with E-state index in [0.717, 1.165) is 12.0 Å². The van der Waals surface area contributed by atoms with Crippen LogP contribution in [0.2, 0.25) is 0 Å². The Kier molecular flexibility index (Phi) is 7.90. The quantitative estimate of drug-likeness (QED) is 0.550. The topological polar surface area (TPSA) is 26.3 Å². The van der Waals surface area contributed by atoms with E-state index in [2.05, 4.69) is 31.2 Å². The molecule has 3 heteroatoms. The first-order chi connectivity index (χ1) is 12.2. The van der Waals surface area contributed by atoms with Crippen molar-refractivity contribution in [2.24, 2.45) is 0 Å². The van der Waals surface area contributed by atoms with Crippen molar-refractivity contribution in [2.75, 3.05) is 0 Å². The lowest BCUT2D eigenvalue weighted by molar-refractivity contribution is 0.0308. The third-order valence-electron chi connectivity index (χ3n) is 4.08. The van der Waals surface area contributed by atoms with Crippen LogP contribution in [0.5, 0.6) is 0 Å². The number of hydrogen-bond donors (Lipinski definition) is 0. The Morgan fingerprint density at radius 3 is 2.40 bits per heavy atom. The summed E-state index contributed by atoms with van der Waals surface area (Å²) in [6.07, 6.45) is 5.85. The van der Waals surface area contributed by atoms with Gasteiger partial charge in [-0.25, -0.2) is 9.18 Å². The van der Waals surface area contributed by atoms with Crippen molar-refractivity contribution in [3.05, 3.63) is 83.7 Å². The van der Waals surface area contributed by atoms with Crippen molar-refractivity contribution >= 4 is 5.97 Å². The van der Waals surface area contributed by atoms with Crippen LogP contribution in [0.3, 0.4) is 0 Å². The van der Waals surface area contributed by atoms with Crippen molar-refractivity contribution in [2.45, 2.75) is 45.1 Å². The molecule has 0 heterocycles. The summed E-state index contributed by atoms with van der Waals surface area (Å²) in [6, 6.07) is 17.2. The molecule has 0 fully saturated rings. The average Bonchev–Trinajstić information content (AvgIpc) is 2.66. The standard InChI is InChI=1S/C22H25FO2/c1-2-3-8-18-12-14-19(15-13-18)17-21(11-7-16-23)25-22(24)20-9-5-4-6-10-20/h4-7,9-10,12-16,21H,2-3,8,11,17H2,1H3/b16-7+. The van der Waals surface area contributed by atoms with E-state index in [4.69, 9.17) is 4.74 Å². The molecule has 0 aliphatic rings. The summed E-state index contributed by atoms with van der Waals surface area (Å²) in [6.45, 7) is 2.18. The maximum atomic E-state index is 12.4. The van der Waals surface area contributed by atoms with E-state index in [1.807, 2.05) is 6.07 Å². The van der Waals surface area contributed by atoms with Crippen LogP contribution in [0.1, 0.15) is 47.7 Å². The predicted molar refractivity (Wildman–Crippen MR) is 99.3 cm³/mol. The van der Waals surface area contributed by atoms with Gasteiger partial charge in [-0.15, -0.1) is 0 Å². The van der Waals surface area contributed by atoms with E-state index in [0.29, 0.717) is 24.7 Å². The van der Waals surface area contributed by atoms with Crippen LogP contribution in [-0.2, 0) is 17.6 Å². The summed E-state index contributed by atoms with van der Waals surface area (Å²) < 4.78 is 18.0. The Hall–Kier alpha value is -2.42. The smallest absolute Gasteiger partial charge is 0.338 e. The summed E-state index contributed by atoms with van der Waals surface area (Å²) in [7, 11) is 0. The Balaban J connectivity index is 2.00. The Morgan fingerprint density at radius 1 is 1.08 bits per heavy atom.